The molecule has 2 aromatic carbocycles. The third-order valence-electron chi connectivity index (χ3n) is 5.08. The number of carbonyl (C=O) groups is 1. The zero-order valence-corrected chi connectivity index (χ0v) is 18.6. The molecule has 2 N–H and O–H groups in total. The first kappa shape index (κ1) is 23.2. The molecule has 0 aromatic heterocycles. The lowest BCUT2D eigenvalue weighted by Gasteiger charge is -2.12. The van der Waals surface area contributed by atoms with Crippen molar-refractivity contribution in [1.29, 1.82) is 0 Å². The van der Waals surface area contributed by atoms with Gasteiger partial charge in [-0.3, -0.25) is 4.79 Å². The maximum absolute atomic E-state index is 12.5. The molecule has 0 radical (unpaired) electrons. The van der Waals surface area contributed by atoms with Crippen molar-refractivity contribution in [1.82, 2.24) is 4.72 Å². The van der Waals surface area contributed by atoms with Crippen molar-refractivity contribution in [3.63, 3.8) is 0 Å². The molecule has 1 heterocycles. The summed E-state index contributed by atoms with van der Waals surface area (Å²) in [6, 6.07) is 13.1. The number of ether oxygens (including phenoxy) is 2. The Hall–Kier alpha value is -2.42. The summed E-state index contributed by atoms with van der Waals surface area (Å²) in [5, 5.41) is 2.78. The molecular weight excluding hydrogens is 416 g/mol. The molecule has 3 rings (SSSR count). The fraction of sp³-hybridized carbons (Fsp3) is 0.435. The minimum Gasteiger partial charge on any atom is -0.494 e. The second-order valence-corrected chi connectivity index (χ2v) is 9.31. The Kier molecular flexibility index (Phi) is 8.45. The summed E-state index contributed by atoms with van der Waals surface area (Å²) in [5.41, 5.74) is 1.01. The molecule has 1 saturated heterocycles. The second kappa shape index (κ2) is 11.3. The molecule has 1 aliphatic rings. The molecule has 168 valence electrons. The average Bonchev–Trinajstić information content (AvgIpc) is 3.30. The molecule has 0 aliphatic carbocycles. The van der Waals surface area contributed by atoms with Gasteiger partial charge in [0.05, 0.1) is 17.6 Å². The number of amides is 1. The quantitative estimate of drug-likeness (QED) is 0.510. The van der Waals surface area contributed by atoms with E-state index >= 15 is 0 Å². The molecular formula is C23H30N2O5S. The number of anilines is 1. The lowest BCUT2D eigenvalue weighted by Crippen LogP contribution is -2.31. The minimum atomic E-state index is -3.62. The Labute approximate surface area is 184 Å². The molecule has 1 fully saturated rings. The monoisotopic (exact) mass is 446 g/mol. The predicted octanol–water partition coefficient (Wildman–Crippen LogP) is 3.97. The van der Waals surface area contributed by atoms with Crippen LogP contribution in [-0.4, -0.2) is 40.2 Å². The van der Waals surface area contributed by atoms with Crippen LogP contribution < -0.4 is 14.8 Å². The number of rotatable bonds is 11. The Bertz CT molecular complexity index is 937. The van der Waals surface area contributed by atoms with Crippen LogP contribution in [0.1, 0.15) is 49.4 Å². The second-order valence-electron chi connectivity index (χ2n) is 7.55. The van der Waals surface area contributed by atoms with Gasteiger partial charge in [0.25, 0.3) is 5.91 Å². The van der Waals surface area contributed by atoms with E-state index in [2.05, 4.69) is 17.0 Å². The van der Waals surface area contributed by atoms with Crippen LogP contribution in [0.25, 0.3) is 0 Å². The van der Waals surface area contributed by atoms with E-state index < -0.39 is 10.0 Å². The summed E-state index contributed by atoms with van der Waals surface area (Å²) in [5.74, 6) is 0.461. The molecule has 2 aromatic rings. The van der Waals surface area contributed by atoms with E-state index in [1.165, 1.54) is 12.1 Å². The fourth-order valence-electron chi connectivity index (χ4n) is 3.26. The fourth-order valence-corrected chi connectivity index (χ4v) is 4.32. The van der Waals surface area contributed by atoms with Crippen LogP contribution in [0.15, 0.2) is 53.4 Å². The standard InChI is InChI=1S/C23H30N2O5S/c1-2-3-4-15-29-20-11-7-18(8-12-20)23(26)25-19-9-13-22(14-10-19)31(27,28)24-17-21-6-5-16-30-21/h7-14,21,24H,2-6,15-17H2,1H3,(H,25,26). The summed E-state index contributed by atoms with van der Waals surface area (Å²) < 4.78 is 38.5. The van der Waals surface area contributed by atoms with Crippen molar-refractivity contribution in [2.75, 3.05) is 25.1 Å². The largest absolute Gasteiger partial charge is 0.494 e. The molecule has 1 amide bonds. The SMILES string of the molecule is CCCCCOc1ccc(C(=O)Nc2ccc(S(=O)(=O)NCC3CCCO3)cc2)cc1. The van der Waals surface area contributed by atoms with Crippen LogP contribution >= 0.6 is 0 Å². The third-order valence-corrected chi connectivity index (χ3v) is 6.52. The number of carbonyl (C=O) groups excluding carboxylic acids is 1. The number of hydrogen-bond donors (Lipinski definition) is 2. The first-order valence-electron chi connectivity index (χ1n) is 10.7. The predicted molar refractivity (Wildman–Crippen MR) is 120 cm³/mol. The van der Waals surface area contributed by atoms with Crippen molar-refractivity contribution in [3.05, 3.63) is 54.1 Å². The zero-order valence-electron chi connectivity index (χ0n) is 17.8. The van der Waals surface area contributed by atoms with Gasteiger partial charge in [-0.25, -0.2) is 13.1 Å². The van der Waals surface area contributed by atoms with E-state index in [4.69, 9.17) is 9.47 Å². The molecule has 1 aliphatic heterocycles. The van der Waals surface area contributed by atoms with Crippen LogP contribution in [0, 0.1) is 0 Å². The molecule has 7 nitrogen and oxygen atoms in total. The van der Waals surface area contributed by atoms with Gasteiger partial charge in [-0.2, -0.15) is 0 Å². The summed E-state index contributed by atoms with van der Waals surface area (Å²) in [6.45, 7) is 3.75. The Balaban J connectivity index is 1.52. The highest BCUT2D eigenvalue weighted by Crippen LogP contribution is 2.18. The van der Waals surface area contributed by atoms with E-state index in [1.807, 2.05) is 0 Å². The highest BCUT2D eigenvalue weighted by Gasteiger charge is 2.20. The number of sulfonamides is 1. The van der Waals surface area contributed by atoms with Crippen LogP contribution in [0.2, 0.25) is 0 Å². The summed E-state index contributed by atoms with van der Waals surface area (Å²) in [4.78, 5) is 12.6. The van der Waals surface area contributed by atoms with E-state index in [0.717, 1.165) is 37.9 Å². The number of unbranched alkanes of at least 4 members (excludes halogenated alkanes) is 2. The molecule has 1 unspecified atom stereocenters. The topological polar surface area (TPSA) is 93.7 Å². The number of hydrogen-bond acceptors (Lipinski definition) is 5. The first-order chi connectivity index (χ1) is 15.0. The molecule has 8 heteroatoms. The Morgan fingerprint density at radius 1 is 1.10 bits per heavy atom. The Morgan fingerprint density at radius 3 is 2.48 bits per heavy atom. The van der Waals surface area contributed by atoms with Gasteiger partial charge in [-0.1, -0.05) is 19.8 Å². The molecule has 1 atom stereocenters. The maximum Gasteiger partial charge on any atom is 0.255 e. The highest BCUT2D eigenvalue weighted by atomic mass is 32.2. The lowest BCUT2D eigenvalue weighted by molar-refractivity contribution is 0.102. The van der Waals surface area contributed by atoms with Crippen molar-refractivity contribution in [3.8, 4) is 5.75 Å². The van der Waals surface area contributed by atoms with Crippen molar-refractivity contribution < 1.29 is 22.7 Å². The summed E-state index contributed by atoms with van der Waals surface area (Å²) in [6.07, 6.45) is 5.03. The highest BCUT2D eigenvalue weighted by molar-refractivity contribution is 7.89. The molecule has 0 spiro atoms. The van der Waals surface area contributed by atoms with Gasteiger partial charge >= 0.3 is 0 Å². The summed E-state index contributed by atoms with van der Waals surface area (Å²) >= 11 is 0. The molecule has 0 saturated carbocycles. The van der Waals surface area contributed by atoms with E-state index in [-0.39, 0.29) is 23.5 Å². The number of benzene rings is 2. The van der Waals surface area contributed by atoms with Gasteiger partial charge < -0.3 is 14.8 Å². The van der Waals surface area contributed by atoms with Crippen LogP contribution in [0.4, 0.5) is 5.69 Å². The number of nitrogens with one attached hydrogen (secondary N) is 2. The van der Waals surface area contributed by atoms with Crippen molar-refractivity contribution in [2.24, 2.45) is 0 Å². The van der Waals surface area contributed by atoms with Crippen molar-refractivity contribution in [2.45, 2.75) is 50.0 Å². The van der Waals surface area contributed by atoms with Gasteiger partial charge in [0.1, 0.15) is 5.75 Å². The zero-order chi connectivity index (χ0) is 22.1. The molecule has 0 bridgehead atoms. The molecule has 31 heavy (non-hydrogen) atoms. The van der Waals surface area contributed by atoms with E-state index in [1.54, 1.807) is 36.4 Å². The maximum atomic E-state index is 12.5. The smallest absolute Gasteiger partial charge is 0.255 e. The van der Waals surface area contributed by atoms with Crippen molar-refractivity contribution >= 4 is 21.6 Å². The van der Waals surface area contributed by atoms with Gasteiger partial charge in [-0.15, -0.1) is 0 Å². The summed E-state index contributed by atoms with van der Waals surface area (Å²) in [7, 11) is -3.62. The van der Waals surface area contributed by atoms with Crippen LogP contribution in [0.5, 0.6) is 5.75 Å². The minimum absolute atomic E-state index is 0.0681. The van der Waals surface area contributed by atoms with Gasteiger partial charge in [0, 0.05) is 24.4 Å². The average molecular weight is 447 g/mol. The lowest BCUT2D eigenvalue weighted by atomic mass is 10.2. The third kappa shape index (κ3) is 7.05. The Morgan fingerprint density at radius 2 is 1.84 bits per heavy atom. The van der Waals surface area contributed by atoms with E-state index in [9.17, 15) is 13.2 Å². The normalized spacial score (nSPS) is 16.2. The van der Waals surface area contributed by atoms with E-state index in [0.29, 0.717) is 24.5 Å². The van der Waals surface area contributed by atoms with Gasteiger partial charge in [0.15, 0.2) is 0 Å². The van der Waals surface area contributed by atoms with Crippen LogP contribution in [0.3, 0.4) is 0 Å². The van der Waals surface area contributed by atoms with Gasteiger partial charge in [0.2, 0.25) is 10.0 Å². The van der Waals surface area contributed by atoms with Gasteiger partial charge in [-0.05, 0) is 67.8 Å². The van der Waals surface area contributed by atoms with Crippen LogP contribution in [-0.2, 0) is 14.8 Å². The first-order valence-corrected chi connectivity index (χ1v) is 12.2.